The molecule has 0 radical (unpaired) electrons. The molecule has 0 saturated carbocycles. The minimum Gasteiger partial charge on any atom is -0.383 e. The molecular formula is C10H21NO2. The summed E-state index contributed by atoms with van der Waals surface area (Å²) in [4.78, 5) is 2.47. The summed E-state index contributed by atoms with van der Waals surface area (Å²) in [6.07, 6.45) is 2.59. The van der Waals surface area contributed by atoms with Crippen LogP contribution in [-0.4, -0.2) is 51.0 Å². The fraction of sp³-hybridized carbons (Fsp3) is 1.00. The van der Waals surface area contributed by atoms with Crippen LogP contribution in [0.15, 0.2) is 0 Å². The van der Waals surface area contributed by atoms with Gasteiger partial charge in [0.1, 0.15) is 0 Å². The van der Waals surface area contributed by atoms with Crippen molar-refractivity contribution in [3.63, 3.8) is 0 Å². The van der Waals surface area contributed by atoms with Crippen LogP contribution in [0.4, 0.5) is 0 Å². The molecule has 1 unspecified atom stereocenters. The van der Waals surface area contributed by atoms with Gasteiger partial charge in [-0.15, -0.1) is 0 Å². The summed E-state index contributed by atoms with van der Waals surface area (Å²) in [5, 5.41) is 0. The zero-order valence-electron chi connectivity index (χ0n) is 8.79. The standard InChI is InChI=1S/C10H21NO2/c1-3-13-9-10-5-4-6-11(10)7-8-12-2/h10H,3-9H2,1-2H3. The molecule has 0 aliphatic carbocycles. The van der Waals surface area contributed by atoms with Crippen LogP contribution in [0.5, 0.6) is 0 Å². The van der Waals surface area contributed by atoms with Gasteiger partial charge in [0.2, 0.25) is 0 Å². The summed E-state index contributed by atoms with van der Waals surface area (Å²) < 4.78 is 10.5. The molecule has 3 heteroatoms. The number of nitrogens with zero attached hydrogens (tertiary/aromatic N) is 1. The molecule has 1 aliphatic heterocycles. The highest BCUT2D eigenvalue weighted by Crippen LogP contribution is 2.16. The largest absolute Gasteiger partial charge is 0.383 e. The van der Waals surface area contributed by atoms with Gasteiger partial charge < -0.3 is 9.47 Å². The molecule has 0 amide bonds. The van der Waals surface area contributed by atoms with Gasteiger partial charge >= 0.3 is 0 Å². The number of likely N-dealkylation sites (tertiary alicyclic amines) is 1. The van der Waals surface area contributed by atoms with Gasteiger partial charge in [0.25, 0.3) is 0 Å². The van der Waals surface area contributed by atoms with Gasteiger partial charge in [0.15, 0.2) is 0 Å². The van der Waals surface area contributed by atoms with E-state index in [0.29, 0.717) is 6.04 Å². The Kier molecular flexibility index (Phi) is 5.35. The van der Waals surface area contributed by atoms with Crippen LogP contribution in [0.1, 0.15) is 19.8 Å². The maximum Gasteiger partial charge on any atom is 0.0621 e. The summed E-state index contributed by atoms with van der Waals surface area (Å²) in [6.45, 7) is 6.86. The average Bonchev–Trinajstić information content (AvgIpc) is 2.59. The molecule has 1 rings (SSSR count). The van der Waals surface area contributed by atoms with Crippen LogP contribution < -0.4 is 0 Å². The maximum atomic E-state index is 5.45. The zero-order chi connectivity index (χ0) is 9.52. The minimum atomic E-state index is 0.634. The van der Waals surface area contributed by atoms with Crippen molar-refractivity contribution < 1.29 is 9.47 Å². The molecule has 0 aromatic rings. The van der Waals surface area contributed by atoms with E-state index >= 15 is 0 Å². The lowest BCUT2D eigenvalue weighted by Crippen LogP contribution is -2.35. The molecule has 78 valence electrons. The molecule has 0 aromatic heterocycles. The van der Waals surface area contributed by atoms with Gasteiger partial charge in [-0.25, -0.2) is 0 Å². The molecule has 1 fully saturated rings. The lowest BCUT2D eigenvalue weighted by molar-refractivity contribution is 0.0706. The van der Waals surface area contributed by atoms with E-state index in [2.05, 4.69) is 11.8 Å². The van der Waals surface area contributed by atoms with Crippen LogP contribution >= 0.6 is 0 Å². The highest BCUT2D eigenvalue weighted by Gasteiger charge is 2.23. The van der Waals surface area contributed by atoms with Crippen molar-refractivity contribution >= 4 is 0 Å². The van der Waals surface area contributed by atoms with Gasteiger partial charge in [-0.2, -0.15) is 0 Å². The first-order valence-corrected chi connectivity index (χ1v) is 5.19. The SMILES string of the molecule is CCOCC1CCCN1CCOC. The van der Waals surface area contributed by atoms with Crippen molar-refractivity contribution in [3.05, 3.63) is 0 Å². The van der Waals surface area contributed by atoms with Crippen molar-refractivity contribution in [1.82, 2.24) is 4.90 Å². The Hall–Kier alpha value is -0.120. The highest BCUT2D eigenvalue weighted by atomic mass is 16.5. The van der Waals surface area contributed by atoms with Crippen molar-refractivity contribution in [3.8, 4) is 0 Å². The van der Waals surface area contributed by atoms with Crippen LogP contribution in [0, 0.1) is 0 Å². The van der Waals surface area contributed by atoms with E-state index in [1.54, 1.807) is 7.11 Å². The quantitative estimate of drug-likeness (QED) is 0.622. The Balaban J connectivity index is 2.18. The van der Waals surface area contributed by atoms with E-state index in [1.165, 1.54) is 19.4 Å². The lowest BCUT2D eigenvalue weighted by Gasteiger charge is -2.23. The Morgan fingerprint density at radius 1 is 1.46 bits per heavy atom. The molecule has 0 N–H and O–H groups in total. The van der Waals surface area contributed by atoms with Crippen LogP contribution in [-0.2, 0) is 9.47 Å². The average molecular weight is 187 g/mol. The Morgan fingerprint density at radius 2 is 2.31 bits per heavy atom. The molecule has 1 aliphatic rings. The van der Waals surface area contributed by atoms with E-state index in [1.807, 2.05) is 0 Å². The first-order valence-electron chi connectivity index (χ1n) is 5.19. The van der Waals surface area contributed by atoms with Crippen molar-refractivity contribution in [2.75, 3.05) is 40.0 Å². The molecule has 3 nitrogen and oxygen atoms in total. The Labute approximate surface area is 81.0 Å². The van der Waals surface area contributed by atoms with E-state index in [4.69, 9.17) is 9.47 Å². The van der Waals surface area contributed by atoms with Crippen LogP contribution in [0.3, 0.4) is 0 Å². The van der Waals surface area contributed by atoms with E-state index in [-0.39, 0.29) is 0 Å². The van der Waals surface area contributed by atoms with Gasteiger partial charge in [-0.1, -0.05) is 0 Å². The number of rotatable bonds is 6. The number of ether oxygens (including phenoxy) is 2. The third-order valence-corrected chi connectivity index (χ3v) is 2.60. The zero-order valence-corrected chi connectivity index (χ0v) is 8.79. The summed E-state index contributed by atoms with van der Waals surface area (Å²) in [5.41, 5.74) is 0. The molecule has 1 atom stereocenters. The third-order valence-electron chi connectivity index (χ3n) is 2.60. The first kappa shape index (κ1) is 11.0. The van der Waals surface area contributed by atoms with Crippen molar-refractivity contribution in [2.45, 2.75) is 25.8 Å². The summed E-state index contributed by atoms with van der Waals surface area (Å²) >= 11 is 0. The molecule has 0 aromatic carbocycles. The second-order valence-corrected chi connectivity index (χ2v) is 3.48. The highest BCUT2D eigenvalue weighted by molar-refractivity contribution is 4.78. The summed E-state index contributed by atoms with van der Waals surface area (Å²) in [6, 6.07) is 0.634. The van der Waals surface area contributed by atoms with Gasteiger partial charge in [0.05, 0.1) is 13.2 Å². The summed E-state index contributed by atoms with van der Waals surface area (Å²) in [5.74, 6) is 0. The van der Waals surface area contributed by atoms with Crippen molar-refractivity contribution in [2.24, 2.45) is 0 Å². The fourth-order valence-corrected chi connectivity index (χ4v) is 1.84. The monoisotopic (exact) mass is 187 g/mol. The molecule has 0 bridgehead atoms. The number of methoxy groups -OCH3 is 1. The summed E-state index contributed by atoms with van der Waals surface area (Å²) in [7, 11) is 1.76. The molecule has 1 saturated heterocycles. The van der Waals surface area contributed by atoms with E-state index in [9.17, 15) is 0 Å². The molecular weight excluding hydrogens is 166 g/mol. The second-order valence-electron chi connectivity index (χ2n) is 3.48. The molecule has 13 heavy (non-hydrogen) atoms. The predicted molar refractivity (Wildman–Crippen MR) is 53.0 cm³/mol. The van der Waals surface area contributed by atoms with Crippen molar-refractivity contribution in [1.29, 1.82) is 0 Å². The van der Waals surface area contributed by atoms with Gasteiger partial charge in [-0.3, -0.25) is 4.90 Å². The minimum absolute atomic E-state index is 0.634. The Morgan fingerprint density at radius 3 is 3.00 bits per heavy atom. The van der Waals surface area contributed by atoms with E-state index in [0.717, 1.165) is 26.4 Å². The predicted octanol–water partition coefficient (Wildman–Crippen LogP) is 1.13. The number of hydrogen-bond acceptors (Lipinski definition) is 3. The third kappa shape index (κ3) is 3.63. The lowest BCUT2D eigenvalue weighted by atomic mass is 10.2. The smallest absolute Gasteiger partial charge is 0.0621 e. The van der Waals surface area contributed by atoms with Crippen LogP contribution in [0.2, 0.25) is 0 Å². The Bertz CT molecular complexity index is 116. The second kappa shape index (κ2) is 6.35. The molecule has 0 spiro atoms. The van der Waals surface area contributed by atoms with Crippen LogP contribution in [0.25, 0.3) is 0 Å². The van der Waals surface area contributed by atoms with E-state index < -0.39 is 0 Å². The van der Waals surface area contributed by atoms with Gasteiger partial charge in [0, 0.05) is 26.3 Å². The van der Waals surface area contributed by atoms with Gasteiger partial charge in [-0.05, 0) is 26.3 Å². The first-order chi connectivity index (χ1) is 6.38. The fourth-order valence-electron chi connectivity index (χ4n) is 1.84. The molecule has 1 heterocycles. The maximum absolute atomic E-state index is 5.45. The normalized spacial score (nSPS) is 24.0. The number of hydrogen-bond donors (Lipinski definition) is 0. The topological polar surface area (TPSA) is 21.7 Å².